The van der Waals surface area contributed by atoms with Gasteiger partial charge in [0.1, 0.15) is 0 Å². The van der Waals surface area contributed by atoms with Gasteiger partial charge in [-0.3, -0.25) is 11.3 Å². The summed E-state index contributed by atoms with van der Waals surface area (Å²) < 4.78 is 0. The van der Waals surface area contributed by atoms with E-state index < -0.39 is 0 Å². The molecule has 2 nitrogen and oxygen atoms in total. The second kappa shape index (κ2) is 10.8. The summed E-state index contributed by atoms with van der Waals surface area (Å²) in [6, 6.07) is 6.94. The summed E-state index contributed by atoms with van der Waals surface area (Å²) >= 11 is 0. The molecule has 1 aromatic carbocycles. The van der Waals surface area contributed by atoms with Crippen LogP contribution in [-0.2, 0) is 0 Å². The summed E-state index contributed by atoms with van der Waals surface area (Å²) in [6.07, 6.45) is 12.0. The molecule has 1 atom stereocenters. The molecule has 0 aliphatic heterocycles. The van der Waals surface area contributed by atoms with E-state index in [-0.39, 0.29) is 0 Å². The molecule has 0 fully saturated rings. The Morgan fingerprint density at radius 2 is 1.57 bits per heavy atom. The highest BCUT2D eigenvalue weighted by Crippen LogP contribution is 2.23. The number of hydrazine groups is 1. The molecule has 0 aromatic heterocycles. The van der Waals surface area contributed by atoms with Crippen molar-refractivity contribution in [3.05, 3.63) is 34.9 Å². The molecule has 120 valence electrons. The van der Waals surface area contributed by atoms with E-state index in [1.54, 1.807) is 0 Å². The monoisotopic (exact) mass is 290 g/mol. The van der Waals surface area contributed by atoms with Crippen LogP contribution in [0.15, 0.2) is 18.2 Å². The Morgan fingerprint density at radius 3 is 2.14 bits per heavy atom. The van der Waals surface area contributed by atoms with E-state index in [1.807, 2.05) is 0 Å². The zero-order valence-corrected chi connectivity index (χ0v) is 14.3. The number of aryl methyl sites for hydroxylation is 2. The van der Waals surface area contributed by atoms with Crippen molar-refractivity contribution in [2.75, 3.05) is 0 Å². The Bertz CT molecular complexity index is 387. The van der Waals surface area contributed by atoms with Crippen molar-refractivity contribution in [1.82, 2.24) is 5.43 Å². The minimum atomic E-state index is 0.297. The quantitative estimate of drug-likeness (QED) is 0.328. The zero-order chi connectivity index (χ0) is 15.5. The van der Waals surface area contributed by atoms with Crippen molar-refractivity contribution in [3.8, 4) is 0 Å². The van der Waals surface area contributed by atoms with Crippen LogP contribution in [-0.4, -0.2) is 0 Å². The van der Waals surface area contributed by atoms with Gasteiger partial charge >= 0.3 is 0 Å². The first-order valence-corrected chi connectivity index (χ1v) is 8.72. The van der Waals surface area contributed by atoms with Crippen molar-refractivity contribution < 1.29 is 0 Å². The average Bonchev–Trinajstić information content (AvgIpc) is 2.47. The summed E-state index contributed by atoms with van der Waals surface area (Å²) in [5, 5.41) is 0. The van der Waals surface area contributed by atoms with E-state index in [2.05, 4.69) is 44.4 Å². The third-order valence-electron chi connectivity index (χ3n) is 4.35. The first kappa shape index (κ1) is 18.2. The number of unbranched alkanes of at least 4 members (excludes halogenated alkanes) is 7. The van der Waals surface area contributed by atoms with Gasteiger partial charge in [-0.15, -0.1) is 0 Å². The third kappa shape index (κ3) is 7.10. The normalized spacial score (nSPS) is 12.6. The Morgan fingerprint density at radius 1 is 0.952 bits per heavy atom. The molecule has 0 bridgehead atoms. The standard InChI is InChI=1S/C19H34N2/c1-4-5-6-7-8-9-10-11-12-19(21-20)18-14-13-16(2)15-17(18)3/h13-15,19,21H,4-12,20H2,1-3H3. The van der Waals surface area contributed by atoms with Gasteiger partial charge in [0, 0.05) is 6.04 Å². The molecule has 0 radical (unpaired) electrons. The van der Waals surface area contributed by atoms with Crippen LogP contribution in [0.4, 0.5) is 0 Å². The van der Waals surface area contributed by atoms with Gasteiger partial charge in [0.05, 0.1) is 0 Å². The molecule has 0 saturated carbocycles. The van der Waals surface area contributed by atoms with Gasteiger partial charge in [0.15, 0.2) is 0 Å². The van der Waals surface area contributed by atoms with Gasteiger partial charge in [-0.25, -0.2) is 0 Å². The molecule has 0 amide bonds. The second-order valence-electron chi connectivity index (χ2n) is 6.34. The Kier molecular flexibility index (Phi) is 9.36. The van der Waals surface area contributed by atoms with Crippen molar-refractivity contribution in [2.45, 2.75) is 84.6 Å². The summed E-state index contributed by atoms with van der Waals surface area (Å²) in [6.45, 7) is 6.59. The molecular weight excluding hydrogens is 256 g/mol. The Labute approximate surface area is 131 Å². The van der Waals surface area contributed by atoms with E-state index in [9.17, 15) is 0 Å². The SMILES string of the molecule is CCCCCCCCCCC(NN)c1ccc(C)cc1C. The average molecular weight is 290 g/mol. The molecule has 0 spiro atoms. The lowest BCUT2D eigenvalue weighted by Gasteiger charge is -2.19. The van der Waals surface area contributed by atoms with E-state index >= 15 is 0 Å². The van der Waals surface area contributed by atoms with Crippen molar-refractivity contribution in [2.24, 2.45) is 5.84 Å². The molecular formula is C19H34N2. The fourth-order valence-electron chi connectivity index (χ4n) is 3.03. The van der Waals surface area contributed by atoms with Crippen LogP contribution in [0, 0.1) is 13.8 Å². The van der Waals surface area contributed by atoms with Crippen molar-refractivity contribution in [3.63, 3.8) is 0 Å². The highest BCUT2D eigenvalue weighted by Gasteiger charge is 2.11. The van der Waals surface area contributed by atoms with E-state index in [0.717, 1.165) is 6.42 Å². The molecule has 0 aliphatic carbocycles. The van der Waals surface area contributed by atoms with Crippen LogP contribution in [0.3, 0.4) is 0 Å². The van der Waals surface area contributed by atoms with Gasteiger partial charge < -0.3 is 0 Å². The van der Waals surface area contributed by atoms with Crippen LogP contribution < -0.4 is 11.3 Å². The lowest BCUT2D eigenvalue weighted by molar-refractivity contribution is 0.473. The van der Waals surface area contributed by atoms with Crippen molar-refractivity contribution >= 4 is 0 Å². The maximum atomic E-state index is 5.76. The number of benzene rings is 1. The molecule has 1 unspecified atom stereocenters. The van der Waals surface area contributed by atoms with Gasteiger partial charge in [-0.05, 0) is 31.4 Å². The van der Waals surface area contributed by atoms with Gasteiger partial charge in [-0.2, -0.15) is 0 Å². The summed E-state index contributed by atoms with van der Waals surface area (Å²) in [5.74, 6) is 5.76. The van der Waals surface area contributed by atoms with E-state index in [4.69, 9.17) is 5.84 Å². The topological polar surface area (TPSA) is 38.0 Å². The number of hydrogen-bond acceptors (Lipinski definition) is 2. The van der Waals surface area contributed by atoms with Gasteiger partial charge in [0.25, 0.3) is 0 Å². The first-order chi connectivity index (χ1) is 10.2. The lowest BCUT2D eigenvalue weighted by Crippen LogP contribution is -2.28. The highest BCUT2D eigenvalue weighted by molar-refractivity contribution is 5.32. The van der Waals surface area contributed by atoms with Crippen molar-refractivity contribution in [1.29, 1.82) is 0 Å². The van der Waals surface area contributed by atoms with E-state index in [0.29, 0.717) is 6.04 Å². The number of nitrogens with two attached hydrogens (primary N) is 1. The van der Waals surface area contributed by atoms with Crippen LogP contribution in [0.1, 0.15) is 87.4 Å². The Hall–Kier alpha value is -0.860. The summed E-state index contributed by atoms with van der Waals surface area (Å²) in [4.78, 5) is 0. The maximum Gasteiger partial charge on any atom is 0.0462 e. The molecule has 1 aromatic rings. The number of rotatable bonds is 11. The summed E-state index contributed by atoms with van der Waals surface area (Å²) in [5.41, 5.74) is 7.01. The second-order valence-corrected chi connectivity index (χ2v) is 6.34. The van der Waals surface area contributed by atoms with E-state index in [1.165, 1.54) is 68.1 Å². The van der Waals surface area contributed by atoms with Gasteiger partial charge in [-0.1, -0.05) is 82.1 Å². The molecule has 1 rings (SSSR count). The molecule has 3 N–H and O–H groups in total. The maximum absolute atomic E-state index is 5.76. The third-order valence-corrected chi connectivity index (χ3v) is 4.35. The Balaban J connectivity index is 2.25. The largest absolute Gasteiger partial charge is 0.271 e. The number of hydrogen-bond donors (Lipinski definition) is 2. The highest BCUT2D eigenvalue weighted by atomic mass is 15.2. The fraction of sp³-hybridized carbons (Fsp3) is 0.684. The van der Waals surface area contributed by atoms with Gasteiger partial charge in [0.2, 0.25) is 0 Å². The lowest BCUT2D eigenvalue weighted by atomic mass is 9.95. The first-order valence-electron chi connectivity index (χ1n) is 8.72. The molecule has 0 heterocycles. The predicted octanol–water partition coefficient (Wildman–Crippen LogP) is 5.34. The molecule has 0 saturated heterocycles. The predicted molar refractivity (Wildman–Crippen MR) is 93.2 cm³/mol. The van der Waals surface area contributed by atoms with Crippen LogP contribution in [0.2, 0.25) is 0 Å². The van der Waals surface area contributed by atoms with Crippen LogP contribution in [0.5, 0.6) is 0 Å². The van der Waals surface area contributed by atoms with Crippen LogP contribution >= 0.6 is 0 Å². The minimum absolute atomic E-state index is 0.297. The minimum Gasteiger partial charge on any atom is -0.271 e. The molecule has 0 aliphatic rings. The smallest absolute Gasteiger partial charge is 0.0462 e. The zero-order valence-electron chi connectivity index (χ0n) is 14.3. The summed E-state index contributed by atoms with van der Waals surface area (Å²) in [7, 11) is 0. The molecule has 2 heteroatoms. The fourth-order valence-corrected chi connectivity index (χ4v) is 3.03. The van der Waals surface area contributed by atoms with Crippen LogP contribution in [0.25, 0.3) is 0 Å². The molecule has 21 heavy (non-hydrogen) atoms. The number of nitrogens with one attached hydrogen (secondary N) is 1.